The highest BCUT2D eigenvalue weighted by atomic mass is 35.5. The minimum absolute atomic E-state index is 0.0687. The van der Waals surface area contributed by atoms with Crippen molar-refractivity contribution in [1.82, 2.24) is 9.97 Å². The van der Waals surface area contributed by atoms with Gasteiger partial charge >= 0.3 is 5.97 Å². The molecule has 0 atom stereocenters. The zero-order valence-electron chi connectivity index (χ0n) is 21.5. The lowest BCUT2D eigenvalue weighted by atomic mass is 9.93. The van der Waals surface area contributed by atoms with Gasteiger partial charge in [0, 0.05) is 65.9 Å². The summed E-state index contributed by atoms with van der Waals surface area (Å²) in [6.45, 7) is 5.31. The van der Waals surface area contributed by atoms with Gasteiger partial charge in [-0.25, -0.2) is 9.97 Å². The number of hydrogen-bond donors (Lipinski definition) is 2. The third kappa shape index (κ3) is 5.01. The molecule has 5 rings (SSSR count). The van der Waals surface area contributed by atoms with Crippen LogP contribution < -0.4 is 10.6 Å². The van der Waals surface area contributed by atoms with E-state index in [1.54, 1.807) is 17.5 Å². The molecule has 0 amide bonds. The SMILES string of the molecule is CN=C1CCN(c2cc(-c3nc4cc(C)c(CC(=O)O)c(-c5ccc(Cl)cc5)c4s3)ccn2)CC1=C(C)N. The van der Waals surface area contributed by atoms with Crippen LogP contribution in [0.5, 0.6) is 0 Å². The molecule has 2 aromatic heterocycles. The molecule has 1 fully saturated rings. The highest BCUT2D eigenvalue weighted by molar-refractivity contribution is 7.22. The van der Waals surface area contributed by atoms with Crippen molar-refractivity contribution < 1.29 is 9.90 Å². The molecule has 4 aromatic rings. The van der Waals surface area contributed by atoms with E-state index in [0.29, 0.717) is 11.6 Å². The summed E-state index contributed by atoms with van der Waals surface area (Å²) in [4.78, 5) is 28.0. The second kappa shape index (κ2) is 10.6. The lowest BCUT2D eigenvalue weighted by Crippen LogP contribution is -2.37. The molecule has 0 aliphatic carbocycles. The second-order valence-electron chi connectivity index (χ2n) is 9.40. The summed E-state index contributed by atoms with van der Waals surface area (Å²) in [6.07, 6.45) is 2.55. The minimum atomic E-state index is -0.870. The maximum Gasteiger partial charge on any atom is 0.307 e. The van der Waals surface area contributed by atoms with Gasteiger partial charge in [-0.1, -0.05) is 23.7 Å². The van der Waals surface area contributed by atoms with Crippen LogP contribution in [0.25, 0.3) is 31.9 Å². The molecule has 38 heavy (non-hydrogen) atoms. The smallest absolute Gasteiger partial charge is 0.307 e. The number of anilines is 1. The molecule has 0 unspecified atom stereocenters. The van der Waals surface area contributed by atoms with Crippen LogP contribution in [0.3, 0.4) is 0 Å². The molecule has 0 radical (unpaired) electrons. The molecule has 194 valence electrons. The van der Waals surface area contributed by atoms with E-state index >= 15 is 0 Å². The Bertz CT molecular complexity index is 1600. The molecule has 9 heteroatoms. The fraction of sp³-hybridized carbons (Fsp3) is 0.241. The largest absolute Gasteiger partial charge is 0.481 e. The number of pyridine rings is 1. The van der Waals surface area contributed by atoms with E-state index in [1.165, 1.54) is 0 Å². The first-order valence-electron chi connectivity index (χ1n) is 12.3. The van der Waals surface area contributed by atoms with Crippen LogP contribution in [0.4, 0.5) is 5.82 Å². The van der Waals surface area contributed by atoms with Gasteiger partial charge in [-0.05, 0) is 60.9 Å². The molecular formula is C29H28ClN5O2S. The van der Waals surface area contributed by atoms with Crippen molar-refractivity contribution in [2.75, 3.05) is 25.0 Å². The number of nitrogens with zero attached hydrogens (tertiary/aromatic N) is 4. The number of aliphatic imine (C=N–C) groups is 1. The molecule has 3 heterocycles. The number of benzene rings is 2. The average Bonchev–Trinajstić information content (AvgIpc) is 3.32. The first kappa shape index (κ1) is 25.9. The zero-order valence-corrected chi connectivity index (χ0v) is 23.0. The van der Waals surface area contributed by atoms with Gasteiger partial charge in [0.15, 0.2) is 0 Å². The highest BCUT2D eigenvalue weighted by Gasteiger charge is 2.23. The number of rotatable bonds is 5. The van der Waals surface area contributed by atoms with Crippen LogP contribution in [-0.4, -0.2) is 46.9 Å². The number of aryl methyl sites for hydroxylation is 1. The number of piperidine rings is 1. The Morgan fingerprint density at radius 3 is 2.66 bits per heavy atom. The van der Waals surface area contributed by atoms with Crippen molar-refractivity contribution in [3.05, 3.63) is 76.1 Å². The van der Waals surface area contributed by atoms with Crippen LogP contribution in [0.15, 0.2) is 64.9 Å². The topological polar surface area (TPSA) is 105 Å². The summed E-state index contributed by atoms with van der Waals surface area (Å²) in [7, 11) is 1.81. The van der Waals surface area contributed by atoms with Crippen molar-refractivity contribution in [3.63, 3.8) is 0 Å². The molecule has 0 saturated carbocycles. The van der Waals surface area contributed by atoms with Crippen LogP contribution in [0, 0.1) is 6.92 Å². The van der Waals surface area contributed by atoms with Gasteiger partial charge in [0.1, 0.15) is 10.8 Å². The van der Waals surface area contributed by atoms with E-state index in [-0.39, 0.29) is 6.42 Å². The number of hydrogen-bond acceptors (Lipinski definition) is 7. The Labute approximate surface area is 230 Å². The number of carboxylic acids is 1. The second-order valence-corrected chi connectivity index (χ2v) is 10.8. The molecule has 3 N–H and O–H groups in total. The Morgan fingerprint density at radius 2 is 1.97 bits per heavy atom. The van der Waals surface area contributed by atoms with E-state index in [9.17, 15) is 9.90 Å². The van der Waals surface area contributed by atoms with Gasteiger partial charge in [-0.3, -0.25) is 9.79 Å². The third-order valence-electron chi connectivity index (χ3n) is 6.85. The number of carbonyl (C=O) groups is 1. The Kier molecular flexibility index (Phi) is 7.19. The molecule has 0 spiro atoms. The Balaban J connectivity index is 1.60. The summed E-state index contributed by atoms with van der Waals surface area (Å²) < 4.78 is 0.952. The number of halogens is 1. The number of aliphatic carboxylic acids is 1. The molecule has 0 bridgehead atoms. The van der Waals surface area contributed by atoms with Crippen molar-refractivity contribution in [3.8, 4) is 21.7 Å². The van der Waals surface area contributed by atoms with Crippen molar-refractivity contribution in [2.45, 2.75) is 26.7 Å². The van der Waals surface area contributed by atoms with Crippen molar-refractivity contribution >= 4 is 50.7 Å². The lowest BCUT2D eigenvalue weighted by molar-refractivity contribution is -0.136. The predicted octanol–water partition coefficient (Wildman–Crippen LogP) is 6.13. The molecular weight excluding hydrogens is 518 g/mol. The number of fused-ring (bicyclic) bond motifs is 1. The van der Waals surface area contributed by atoms with E-state index in [4.69, 9.17) is 22.3 Å². The van der Waals surface area contributed by atoms with Crippen molar-refractivity contribution in [1.29, 1.82) is 0 Å². The number of nitrogens with two attached hydrogens (primary N) is 1. The number of thiazole rings is 1. The van der Waals surface area contributed by atoms with Gasteiger partial charge in [-0.15, -0.1) is 11.3 Å². The highest BCUT2D eigenvalue weighted by Crippen LogP contribution is 2.41. The normalized spacial score (nSPS) is 16.3. The predicted molar refractivity (Wildman–Crippen MR) is 156 cm³/mol. The number of carboxylic acid groups (broad SMARTS) is 1. The van der Waals surface area contributed by atoms with E-state index in [2.05, 4.69) is 20.9 Å². The molecule has 1 aliphatic heterocycles. The lowest BCUT2D eigenvalue weighted by Gasteiger charge is -2.31. The quantitative estimate of drug-likeness (QED) is 0.312. The van der Waals surface area contributed by atoms with Crippen LogP contribution in [0.2, 0.25) is 5.02 Å². The summed E-state index contributed by atoms with van der Waals surface area (Å²) in [6, 6.07) is 13.5. The third-order valence-corrected chi connectivity index (χ3v) is 8.24. The van der Waals surface area contributed by atoms with Gasteiger partial charge < -0.3 is 15.7 Å². The number of allylic oxidation sites excluding steroid dienone is 1. The minimum Gasteiger partial charge on any atom is -0.481 e. The van der Waals surface area contributed by atoms with Crippen LogP contribution in [-0.2, 0) is 11.2 Å². The molecule has 1 aliphatic rings. The van der Waals surface area contributed by atoms with Crippen LogP contribution >= 0.6 is 22.9 Å². The summed E-state index contributed by atoms with van der Waals surface area (Å²) in [5.74, 6) is -0.0125. The van der Waals surface area contributed by atoms with E-state index in [1.807, 2.05) is 57.3 Å². The van der Waals surface area contributed by atoms with Gasteiger partial charge in [0.05, 0.1) is 16.6 Å². The Morgan fingerprint density at radius 1 is 1.21 bits per heavy atom. The van der Waals surface area contributed by atoms with Crippen LogP contribution in [0.1, 0.15) is 24.5 Å². The fourth-order valence-electron chi connectivity index (χ4n) is 4.93. The van der Waals surface area contributed by atoms with E-state index < -0.39 is 5.97 Å². The summed E-state index contributed by atoms with van der Waals surface area (Å²) in [5, 5.41) is 11.1. The maximum absolute atomic E-state index is 11.8. The standard InChI is InChI=1S/C29H28ClN5O2S/c1-16-12-24-28(27(21(16)14-26(36)37)18-4-6-20(30)7-5-18)38-29(34-24)19-8-10-33-25(13-19)35-11-9-23(32-3)22(15-35)17(2)31/h4-8,10,12-13H,9,11,14-15,31H2,1-3H3,(H,36,37). The average molecular weight is 546 g/mol. The maximum atomic E-state index is 11.8. The fourth-order valence-corrected chi connectivity index (χ4v) is 6.19. The molecule has 1 saturated heterocycles. The zero-order chi connectivity index (χ0) is 27.0. The first-order valence-corrected chi connectivity index (χ1v) is 13.5. The van der Waals surface area contributed by atoms with E-state index in [0.717, 1.165) is 78.8 Å². The monoisotopic (exact) mass is 545 g/mol. The van der Waals surface area contributed by atoms with Crippen molar-refractivity contribution in [2.24, 2.45) is 10.7 Å². The Hall–Kier alpha value is -3.75. The van der Waals surface area contributed by atoms with Gasteiger partial charge in [0.25, 0.3) is 0 Å². The van der Waals surface area contributed by atoms with Gasteiger partial charge in [0.2, 0.25) is 0 Å². The molecule has 7 nitrogen and oxygen atoms in total. The first-order chi connectivity index (χ1) is 18.2. The summed E-state index contributed by atoms with van der Waals surface area (Å²) in [5.41, 5.74) is 14.3. The molecule has 2 aromatic carbocycles. The van der Waals surface area contributed by atoms with Gasteiger partial charge in [-0.2, -0.15) is 0 Å². The number of aromatic nitrogens is 2. The summed E-state index contributed by atoms with van der Waals surface area (Å²) >= 11 is 7.71.